The highest BCUT2D eigenvalue weighted by atomic mass is 16.5. The lowest BCUT2D eigenvalue weighted by molar-refractivity contribution is -0.173. The average molecular weight is 186 g/mol. The fourth-order valence-electron chi connectivity index (χ4n) is 1.60. The van der Waals surface area contributed by atoms with Crippen LogP contribution in [-0.2, 0) is 14.3 Å². The summed E-state index contributed by atoms with van der Waals surface area (Å²) in [5.74, 6) is 0.0631. The Kier molecular flexibility index (Phi) is 2.77. The van der Waals surface area contributed by atoms with Crippen molar-refractivity contribution in [1.29, 1.82) is 0 Å². The standard InChI is InChI=1S/C8H14N2O3/c11-8-7-13-6-3-10(8)9-1-4-12-5-2-9/h1-7H2. The van der Waals surface area contributed by atoms with E-state index in [1.165, 1.54) is 0 Å². The van der Waals surface area contributed by atoms with E-state index in [4.69, 9.17) is 9.47 Å². The SMILES string of the molecule is O=C1COCCN1N1CCOCC1. The van der Waals surface area contributed by atoms with Crippen LogP contribution in [0.1, 0.15) is 0 Å². The van der Waals surface area contributed by atoms with Crippen LogP contribution in [0, 0.1) is 0 Å². The lowest BCUT2D eigenvalue weighted by atomic mass is 10.4. The number of hydrogen-bond donors (Lipinski definition) is 0. The Hall–Kier alpha value is -0.650. The minimum atomic E-state index is 0.0631. The van der Waals surface area contributed by atoms with Crippen molar-refractivity contribution in [2.24, 2.45) is 0 Å². The first kappa shape index (κ1) is 8.93. The number of ether oxygens (including phenoxy) is 2. The smallest absolute Gasteiger partial charge is 0.262 e. The maximum absolute atomic E-state index is 11.4. The van der Waals surface area contributed by atoms with Crippen LogP contribution in [0.25, 0.3) is 0 Å². The first-order valence-corrected chi connectivity index (χ1v) is 4.58. The van der Waals surface area contributed by atoms with Crippen molar-refractivity contribution in [2.75, 3.05) is 46.1 Å². The summed E-state index contributed by atoms with van der Waals surface area (Å²) in [5.41, 5.74) is 0. The van der Waals surface area contributed by atoms with Crippen LogP contribution in [0.4, 0.5) is 0 Å². The summed E-state index contributed by atoms with van der Waals surface area (Å²) in [5, 5.41) is 3.83. The van der Waals surface area contributed by atoms with E-state index in [-0.39, 0.29) is 12.5 Å². The van der Waals surface area contributed by atoms with E-state index >= 15 is 0 Å². The average Bonchev–Trinajstić information content (AvgIpc) is 2.20. The molecular formula is C8H14N2O3. The summed E-state index contributed by atoms with van der Waals surface area (Å²) in [7, 11) is 0. The van der Waals surface area contributed by atoms with Gasteiger partial charge >= 0.3 is 0 Å². The molecule has 0 bridgehead atoms. The minimum absolute atomic E-state index is 0.0631. The second-order valence-corrected chi connectivity index (χ2v) is 3.14. The molecule has 0 spiro atoms. The third-order valence-electron chi connectivity index (χ3n) is 2.29. The summed E-state index contributed by atoms with van der Waals surface area (Å²) >= 11 is 0. The van der Waals surface area contributed by atoms with Gasteiger partial charge in [0.25, 0.3) is 5.91 Å². The van der Waals surface area contributed by atoms with Gasteiger partial charge in [-0.15, -0.1) is 0 Å². The number of carbonyl (C=O) groups excluding carboxylic acids is 1. The van der Waals surface area contributed by atoms with Gasteiger partial charge in [0, 0.05) is 13.1 Å². The Morgan fingerprint density at radius 1 is 1.00 bits per heavy atom. The molecule has 1 amide bonds. The number of hydrazine groups is 1. The molecule has 0 saturated carbocycles. The van der Waals surface area contributed by atoms with Gasteiger partial charge in [-0.2, -0.15) is 0 Å². The first-order chi connectivity index (χ1) is 6.38. The maximum Gasteiger partial charge on any atom is 0.262 e. The lowest BCUT2D eigenvalue weighted by Gasteiger charge is -2.38. The zero-order valence-electron chi connectivity index (χ0n) is 7.57. The van der Waals surface area contributed by atoms with Gasteiger partial charge in [0.05, 0.1) is 26.4 Å². The third-order valence-corrected chi connectivity index (χ3v) is 2.29. The lowest BCUT2D eigenvalue weighted by Crippen LogP contribution is -2.55. The summed E-state index contributed by atoms with van der Waals surface area (Å²) in [6.45, 7) is 4.59. The molecule has 0 aliphatic carbocycles. The highest BCUT2D eigenvalue weighted by molar-refractivity contribution is 5.77. The van der Waals surface area contributed by atoms with Crippen molar-refractivity contribution in [3.05, 3.63) is 0 Å². The third kappa shape index (κ3) is 1.99. The zero-order chi connectivity index (χ0) is 9.10. The predicted octanol–water partition coefficient (Wildman–Crippen LogP) is -0.908. The van der Waals surface area contributed by atoms with Gasteiger partial charge < -0.3 is 9.47 Å². The molecule has 0 radical (unpaired) electrons. The molecule has 13 heavy (non-hydrogen) atoms. The minimum Gasteiger partial charge on any atom is -0.379 e. The molecule has 2 heterocycles. The fourth-order valence-corrected chi connectivity index (χ4v) is 1.60. The molecule has 2 aliphatic heterocycles. The predicted molar refractivity (Wildman–Crippen MR) is 44.9 cm³/mol. The van der Waals surface area contributed by atoms with E-state index < -0.39 is 0 Å². The molecule has 0 aromatic rings. The number of nitrogens with zero attached hydrogens (tertiary/aromatic N) is 2. The monoisotopic (exact) mass is 186 g/mol. The number of carbonyl (C=O) groups is 1. The Balaban J connectivity index is 1.92. The van der Waals surface area contributed by atoms with E-state index in [9.17, 15) is 4.79 Å². The Morgan fingerprint density at radius 3 is 2.38 bits per heavy atom. The first-order valence-electron chi connectivity index (χ1n) is 4.58. The van der Waals surface area contributed by atoms with Crippen molar-refractivity contribution < 1.29 is 14.3 Å². The van der Waals surface area contributed by atoms with Gasteiger partial charge in [-0.05, 0) is 0 Å². The quantitative estimate of drug-likeness (QED) is 0.532. The van der Waals surface area contributed by atoms with Gasteiger partial charge in [0.15, 0.2) is 0 Å². The number of hydrogen-bond acceptors (Lipinski definition) is 4. The van der Waals surface area contributed by atoms with Crippen LogP contribution in [-0.4, -0.2) is 62.0 Å². The highest BCUT2D eigenvalue weighted by Gasteiger charge is 2.25. The normalized spacial score (nSPS) is 26.5. The van der Waals surface area contributed by atoms with Gasteiger partial charge in [0.2, 0.25) is 0 Å². The molecule has 0 unspecified atom stereocenters. The van der Waals surface area contributed by atoms with E-state index in [0.29, 0.717) is 26.4 Å². The zero-order valence-corrected chi connectivity index (χ0v) is 7.57. The van der Waals surface area contributed by atoms with Gasteiger partial charge in [-0.25, -0.2) is 5.01 Å². The Bertz CT molecular complexity index is 192. The van der Waals surface area contributed by atoms with Gasteiger partial charge in [0.1, 0.15) is 6.61 Å². The maximum atomic E-state index is 11.4. The van der Waals surface area contributed by atoms with Crippen LogP contribution in [0.5, 0.6) is 0 Å². The van der Waals surface area contributed by atoms with Gasteiger partial charge in [-0.1, -0.05) is 0 Å². The van der Waals surface area contributed by atoms with Crippen LogP contribution >= 0.6 is 0 Å². The molecule has 0 atom stereocenters. The number of rotatable bonds is 1. The van der Waals surface area contributed by atoms with Crippen molar-refractivity contribution in [3.8, 4) is 0 Å². The molecule has 0 aromatic heterocycles. The molecule has 5 heteroatoms. The largest absolute Gasteiger partial charge is 0.379 e. The number of morpholine rings is 2. The highest BCUT2D eigenvalue weighted by Crippen LogP contribution is 2.06. The molecular weight excluding hydrogens is 172 g/mol. The van der Waals surface area contributed by atoms with Crippen molar-refractivity contribution >= 4 is 5.91 Å². The van der Waals surface area contributed by atoms with E-state index in [0.717, 1.165) is 13.1 Å². The van der Waals surface area contributed by atoms with Crippen molar-refractivity contribution in [1.82, 2.24) is 10.0 Å². The molecule has 74 valence electrons. The summed E-state index contributed by atoms with van der Waals surface area (Å²) in [4.78, 5) is 11.4. The van der Waals surface area contributed by atoms with Crippen LogP contribution in [0.15, 0.2) is 0 Å². The van der Waals surface area contributed by atoms with Crippen LogP contribution in [0.3, 0.4) is 0 Å². The molecule has 0 aromatic carbocycles. The van der Waals surface area contributed by atoms with Crippen molar-refractivity contribution in [2.45, 2.75) is 0 Å². The molecule has 2 aliphatic rings. The van der Waals surface area contributed by atoms with E-state index in [2.05, 4.69) is 0 Å². The molecule has 2 rings (SSSR count). The Morgan fingerprint density at radius 2 is 1.69 bits per heavy atom. The topological polar surface area (TPSA) is 42.0 Å². The number of amides is 1. The van der Waals surface area contributed by atoms with E-state index in [1.807, 2.05) is 5.01 Å². The molecule has 5 nitrogen and oxygen atoms in total. The Labute approximate surface area is 77.2 Å². The summed E-state index contributed by atoms with van der Waals surface area (Å²) < 4.78 is 10.3. The molecule has 2 saturated heterocycles. The van der Waals surface area contributed by atoms with E-state index in [1.54, 1.807) is 5.01 Å². The van der Waals surface area contributed by atoms with Crippen LogP contribution in [0.2, 0.25) is 0 Å². The van der Waals surface area contributed by atoms with Crippen molar-refractivity contribution in [3.63, 3.8) is 0 Å². The van der Waals surface area contributed by atoms with Crippen LogP contribution < -0.4 is 0 Å². The summed E-state index contributed by atoms with van der Waals surface area (Å²) in [6, 6.07) is 0. The van der Waals surface area contributed by atoms with Gasteiger partial charge in [-0.3, -0.25) is 9.80 Å². The fraction of sp³-hybridized carbons (Fsp3) is 0.875. The second-order valence-electron chi connectivity index (χ2n) is 3.14. The molecule has 0 N–H and O–H groups in total. The molecule has 2 fully saturated rings. The second kappa shape index (κ2) is 4.04. The summed E-state index contributed by atoms with van der Waals surface area (Å²) in [6.07, 6.45) is 0.